The summed E-state index contributed by atoms with van der Waals surface area (Å²) < 4.78 is 5.80. The van der Waals surface area contributed by atoms with Crippen LogP contribution in [0.2, 0.25) is 0 Å². The Labute approximate surface area is 270 Å². The lowest BCUT2D eigenvalue weighted by molar-refractivity contribution is -0.157. The number of hydrogen-bond acceptors (Lipinski definition) is 7. The molecule has 0 saturated carbocycles. The van der Waals surface area contributed by atoms with Gasteiger partial charge in [-0.1, -0.05) is 61.2 Å². The molecule has 4 rings (SSSR count). The molecule has 10 heteroatoms. The van der Waals surface area contributed by atoms with Crippen molar-refractivity contribution in [2.24, 2.45) is 0 Å². The van der Waals surface area contributed by atoms with Gasteiger partial charge in [-0.05, 0) is 81.2 Å². The number of aromatic nitrogens is 1. The lowest BCUT2D eigenvalue weighted by atomic mass is 10.0. The number of fused-ring (bicyclic) bond motifs is 1. The van der Waals surface area contributed by atoms with Crippen molar-refractivity contribution < 1.29 is 23.9 Å². The van der Waals surface area contributed by atoms with Gasteiger partial charge in [0.2, 0.25) is 11.8 Å². The van der Waals surface area contributed by atoms with Crippen molar-refractivity contribution >= 4 is 40.5 Å². The predicted molar refractivity (Wildman–Crippen MR) is 178 cm³/mol. The molecule has 46 heavy (non-hydrogen) atoms. The zero-order chi connectivity index (χ0) is 33.1. The van der Waals surface area contributed by atoms with E-state index < -0.39 is 36.1 Å². The Morgan fingerprint density at radius 2 is 1.87 bits per heavy atom. The monoisotopic (exact) mass is 625 g/mol. The molecule has 1 aromatic heterocycles. The number of rotatable bonds is 13. The zero-order valence-electron chi connectivity index (χ0n) is 26.7. The van der Waals surface area contributed by atoms with E-state index in [1.807, 2.05) is 68.4 Å². The van der Waals surface area contributed by atoms with Gasteiger partial charge in [0.15, 0.2) is 0 Å². The molecule has 3 N–H and O–H groups in total. The average molecular weight is 626 g/mol. The first-order chi connectivity index (χ1) is 22.2. The molecule has 3 amide bonds. The number of carbonyl (C=O) groups is 4. The summed E-state index contributed by atoms with van der Waals surface area (Å²) in [4.78, 5) is 56.6. The van der Waals surface area contributed by atoms with Gasteiger partial charge < -0.3 is 15.4 Å². The maximum Gasteiger partial charge on any atom is 0.325 e. The summed E-state index contributed by atoms with van der Waals surface area (Å²) in [5, 5.41) is 8.87. The van der Waals surface area contributed by atoms with E-state index >= 15 is 0 Å². The van der Waals surface area contributed by atoms with Crippen LogP contribution in [0.4, 0.5) is 0 Å². The summed E-state index contributed by atoms with van der Waals surface area (Å²) >= 11 is 0. The molecular formula is C36H43N5O5. The third-order valence-electron chi connectivity index (χ3n) is 7.96. The fraction of sp³-hybridized carbons (Fsp3) is 0.361. The number of allylic oxidation sites excluding steroid dienone is 1. The molecular weight excluding hydrogens is 582 g/mol. The second kappa shape index (κ2) is 16.5. The topological polar surface area (TPSA) is 130 Å². The molecule has 1 fully saturated rings. The second-order valence-electron chi connectivity index (χ2n) is 11.5. The van der Waals surface area contributed by atoms with Crippen LogP contribution < -0.4 is 16.1 Å². The fourth-order valence-electron chi connectivity index (χ4n) is 5.29. The second-order valence-corrected chi connectivity index (χ2v) is 11.5. The molecule has 4 unspecified atom stereocenters. The highest BCUT2D eigenvalue weighted by Gasteiger charge is 2.33. The predicted octanol–water partition coefficient (Wildman–Crippen LogP) is 4.57. The molecule has 4 atom stereocenters. The smallest absolute Gasteiger partial charge is 0.325 e. The Morgan fingerprint density at radius 1 is 1.09 bits per heavy atom. The van der Waals surface area contributed by atoms with Crippen LogP contribution in [0.1, 0.15) is 69.4 Å². The third-order valence-corrected chi connectivity index (χ3v) is 7.96. The summed E-state index contributed by atoms with van der Waals surface area (Å²) in [6.45, 7) is 9.37. The van der Waals surface area contributed by atoms with Gasteiger partial charge in [-0.2, -0.15) is 0 Å². The van der Waals surface area contributed by atoms with Crippen LogP contribution in [0, 0.1) is 0 Å². The minimum Gasteiger partial charge on any atom is -0.457 e. The highest BCUT2D eigenvalue weighted by molar-refractivity contribution is 5.92. The highest BCUT2D eigenvalue weighted by atomic mass is 16.5. The number of carbonyl (C=O) groups excluding carboxylic acids is 4. The van der Waals surface area contributed by atoms with Crippen molar-refractivity contribution in [3.63, 3.8) is 0 Å². The van der Waals surface area contributed by atoms with Crippen LogP contribution >= 0.6 is 0 Å². The van der Waals surface area contributed by atoms with Gasteiger partial charge in [0.05, 0.1) is 5.69 Å². The molecule has 1 aliphatic heterocycles. The van der Waals surface area contributed by atoms with E-state index in [-0.39, 0.29) is 18.2 Å². The van der Waals surface area contributed by atoms with Crippen LogP contribution in [-0.2, 0) is 30.3 Å². The number of amides is 3. The van der Waals surface area contributed by atoms with Crippen molar-refractivity contribution in [3.8, 4) is 0 Å². The number of nitrogens with zero attached hydrogens (tertiary/aromatic N) is 2. The van der Waals surface area contributed by atoms with Crippen LogP contribution in [0.3, 0.4) is 0 Å². The average Bonchev–Trinajstić information content (AvgIpc) is 3.08. The first-order valence-corrected chi connectivity index (χ1v) is 15.7. The van der Waals surface area contributed by atoms with Crippen LogP contribution in [-0.4, -0.2) is 58.4 Å². The van der Waals surface area contributed by atoms with Gasteiger partial charge in [-0.3, -0.25) is 29.2 Å². The molecule has 0 spiro atoms. The normalized spacial score (nSPS) is 16.8. The SMILES string of the molecule is C=Cc1cc2cc(C(C)OC(=O)C3CCCN(C(=O)C(C)NC(=O)C(CCc4ccccc4)NC(=O)CC=CC)N3)ccc2cn1. The Bertz CT molecular complexity index is 1570. The van der Waals surface area contributed by atoms with Crippen LogP contribution in [0.15, 0.2) is 79.5 Å². The number of benzene rings is 2. The van der Waals surface area contributed by atoms with Crippen LogP contribution in [0.25, 0.3) is 16.8 Å². The van der Waals surface area contributed by atoms with E-state index in [4.69, 9.17) is 4.74 Å². The maximum absolute atomic E-state index is 13.4. The first-order valence-electron chi connectivity index (χ1n) is 15.7. The third kappa shape index (κ3) is 9.34. The standard InChI is InChI=1S/C36H43N5O5/c1-5-7-15-33(42)39-31(19-16-26-12-9-8-10-13-26)34(43)38-24(3)35(44)41-20-11-14-32(40-41)36(45)46-25(4)27-17-18-28-23-37-30(6-2)22-29(28)21-27/h5-10,12-13,17-18,21-25,31-32,40H,2,11,14-16,19-20H2,1,3-4H3,(H,38,43)(H,39,42). The number of hydrogen-bond donors (Lipinski definition) is 3. The van der Waals surface area contributed by atoms with E-state index in [1.165, 1.54) is 5.01 Å². The lowest BCUT2D eigenvalue weighted by Crippen LogP contribution is -2.60. The number of nitrogens with one attached hydrogen (secondary N) is 3. The summed E-state index contributed by atoms with van der Waals surface area (Å²) in [5.41, 5.74) is 5.63. The quantitative estimate of drug-likeness (QED) is 0.188. The lowest BCUT2D eigenvalue weighted by Gasteiger charge is -2.35. The highest BCUT2D eigenvalue weighted by Crippen LogP contribution is 2.24. The largest absolute Gasteiger partial charge is 0.457 e. The molecule has 1 saturated heterocycles. The van der Waals surface area contributed by atoms with E-state index in [1.54, 1.807) is 31.3 Å². The molecule has 2 heterocycles. The fourth-order valence-corrected chi connectivity index (χ4v) is 5.29. The number of pyridine rings is 1. The molecule has 3 aromatic rings. The molecule has 10 nitrogen and oxygen atoms in total. The molecule has 242 valence electrons. The zero-order valence-corrected chi connectivity index (χ0v) is 26.7. The van der Waals surface area contributed by atoms with Crippen LogP contribution in [0.5, 0.6) is 0 Å². The van der Waals surface area contributed by atoms with Gasteiger partial charge in [0, 0.05) is 24.5 Å². The Balaban J connectivity index is 1.34. The summed E-state index contributed by atoms with van der Waals surface area (Å²) in [6, 6.07) is 15.0. The van der Waals surface area contributed by atoms with Crippen molar-refractivity contribution in [2.75, 3.05) is 6.54 Å². The minimum absolute atomic E-state index is 0.155. The number of ether oxygens (including phenoxy) is 1. The molecule has 1 aliphatic rings. The number of aryl methyl sites for hydroxylation is 1. The number of hydrazine groups is 1. The Kier molecular flexibility index (Phi) is 12.2. The van der Waals surface area contributed by atoms with E-state index in [9.17, 15) is 19.2 Å². The van der Waals surface area contributed by atoms with E-state index in [0.717, 1.165) is 27.6 Å². The summed E-state index contributed by atoms with van der Waals surface area (Å²) in [5.74, 6) is -1.57. The molecule has 0 radical (unpaired) electrons. The molecule has 2 aromatic carbocycles. The number of esters is 1. The molecule has 0 aliphatic carbocycles. The van der Waals surface area contributed by atoms with Gasteiger partial charge in [0.25, 0.3) is 5.91 Å². The summed E-state index contributed by atoms with van der Waals surface area (Å²) in [7, 11) is 0. The molecule has 0 bridgehead atoms. The van der Waals surface area contributed by atoms with Gasteiger partial charge >= 0.3 is 5.97 Å². The van der Waals surface area contributed by atoms with E-state index in [2.05, 4.69) is 27.6 Å². The van der Waals surface area contributed by atoms with Gasteiger partial charge in [-0.15, -0.1) is 0 Å². The Hall–Kier alpha value is -4.83. The van der Waals surface area contributed by atoms with Crippen molar-refractivity contribution in [1.82, 2.24) is 26.1 Å². The van der Waals surface area contributed by atoms with E-state index in [0.29, 0.717) is 32.2 Å². The minimum atomic E-state index is -0.895. The van der Waals surface area contributed by atoms with Gasteiger partial charge in [-0.25, -0.2) is 5.43 Å². The van der Waals surface area contributed by atoms with Gasteiger partial charge in [0.1, 0.15) is 24.2 Å². The van der Waals surface area contributed by atoms with Crippen molar-refractivity contribution in [2.45, 2.75) is 77.1 Å². The maximum atomic E-state index is 13.4. The first kappa shape index (κ1) is 34.1. The Morgan fingerprint density at radius 3 is 2.61 bits per heavy atom. The van der Waals surface area contributed by atoms with Crippen molar-refractivity contribution in [3.05, 3.63) is 96.3 Å². The van der Waals surface area contributed by atoms with Crippen molar-refractivity contribution in [1.29, 1.82) is 0 Å². The summed E-state index contributed by atoms with van der Waals surface area (Å²) in [6.07, 6.45) is 8.62.